The third kappa shape index (κ3) is 1.77. The molecule has 0 spiro atoms. The molecule has 1 unspecified atom stereocenters. The lowest BCUT2D eigenvalue weighted by molar-refractivity contribution is 0.593. The second kappa shape index (κ2) is 3.70. The molecule has 0 N–H and O–H groups in total. The first-order valence-electron chi connectivity index (χ1n) is 4.99. The van der Waals surface area contributed by atoms with Gasteiger partial charge in [-0.1, -0.05) is 18.2 Å². The van der Waals surface area contributed by atoms with Gasteiger partial charge in [-0.15, -0.1) is 11.8 Å². The summed E-state index contributed by atoms with van der Waals surface area (Å²) in [6.45, 7) is 0.944. The lowest BCUT2D eigenvalue weighted by atomic mass is 10.1. The minimum absolute atomic E-state index is 0.601. The van der Waals surface area contributed by atoms with Gasteiger partial charge in [-0.3, -0.25) is 4.68 Å². The summed E-state index contributed by atoms with van der Waals surface area (Å²) in [6, 6.07) is 8.62. The summed E-state index contributed by atoms with van der Waals surface area (Å²) in [4.78, 5) is 5.38. The summed E-state index contributed by atoms with van der Waals surface area (Å²) in [5.74, 6) is 0. The minimum Gasteiger partial charge on any atom is -0.252 e. The molecule has 2 aromatic rings. The minimum atomic E-state index is 0.601. The van der Waals surface area contributed by atoms with Gasteiger partial charge >= 0.3 is 0 Å². The van der Waals surface area contributed by atoms with Gasteiger partial charge < -0.3 is 0 Å². The zero-order valence-electron chi connectivity index (χ0n) is 8.21. The normalized spacial score (nSPS) is 19.1. The SMILES string of the molecule is c1ccc2c(c1)CC(Cn1cncn1)S2. The summed E-state index contributed by atoms with van der Waals surface area (Å²) in [5.41, 5.74) is 1.47. The summed E-state index contributed by atoms with van der Waals surface area (Å²) < 4.78 is 1.91. The monoisotopic (exact) mass is 217 g/mol. The molecule has 0 aliphatic carbocycles. The predicted octanol–water partition coefficient (Wildman–Crippen LogP) is 2.00. The number of thioether (sulfide) groups is 1. The van der Waals surface area contributed by atoms with Crippen molar-refractivity contribution in [3.63, 3.8) is 0 Å². The van der Waals surface area contributed by atoms with E-state index in [9.17, 15) is 0 Å². The summed E-state index contributed by atoms with van der Waals surface area (Å²) in [5, 5.41) is 4.74. The molecule has 0 bridgehead atoms. The van der Waals surface area contributed by atoms with E-state index in [-0.39, 0.29) is 0 Å². The maximum absolute atomic E-state index is 4.13. The van der Waals surface area contributed by atoms with E-state index in [4.69, 9.17) is 0 Å². The van der Waals surface area contributed by atoms with Gasteiger partial charge in [-0.05, 0) is 18.1 Å². The summed E-state index contributed by atoms with van der Waals surface area (Å²) in [7, 11) is 0. The van der Waals surface area contributed by atoms with Gasteiger partial charge in [0, 0.05) is 10.1 Å². The molecule has 15 heavy (non-hydrogen) atoms. The van der Waals surface area contributed by atoms with Crippen LogP contribution in [0.4, 0.5) is 0 Å². The molecular formula is C11H11N3S. The maximum atomic E-state index is 4.13. The fraction of sp³-hybridized carbons (Fsp3) is 0.273. The van der Waals surface area contributed by atoms with Crippen LogP contribution in [0.1, 0.15) is 5.56 Å². The van der Waals surface area contributed by atoms with E-state index >= 15 is 0 Å². The van der Waals surface area contributed by atoms with Gasteiger partial charge in [-0.25, -0.2) is 4.98 Å². The molecule has 1 aliphatic rings. The Morgan fingerprint density at radius 1 is 1.40 bits per heavy atom. The quantitative estimate of drug-likeness (QED) is 0.770. The van der Waals surface area contributed by atoms with Crippen molar-refractivity contribution in [1.29, 1.82) is 0 Å². The Kier molecular flexibility index (Phi) is 2.21. The van der Waals surface area contributed by atoms with Crippen molar-refractivity contribution in [2.24, 2.45) is 0 Å². The highest BCUT2D eigenvalue weighted by molar-refractivity contribution is 8.00. The summed E-state index contributed by atoms with van der Waals surface area (Å²) >= 11 is 1.95. The van der Waals surface area contributed by atoms with Crippen LogP contribution in [0.5, 0.6) is 0 Å². The molecule has 76 valence electrons. The molecule has 1 aliphatic heterocycles. The largest absolute Gasteiger partial charge is 0.252 e. The van der Waals surface area contributed by atoms with E-state index in [0.717, 1.165) is 13.0 Å². The van der Waals surface area contributed by atoms with Gasteiger partial charge in [-0.2, -0.15) is 5.10 Å². The fourth-order valence-corrected chi connectivity index (χ4v) is 3.20. The average Bonchev–Trinajstić information content (AvgIpc) is 2.86. The van der Waals surface area contributed by atoms with Gasteiger partial charge in [0.1, 0.15) is 12.7 Å². The highest BCUT2D eigenvalue weighted by atomic mass is 32.2. The third-order valence-corrected chi connectivity index (χ3v) is 3.87. The Morgan fingerprint density at radius 2 is 2.33 bits per heavy atom. The molecule has 0 fully saturated rings. The number of hydrogen-bond acceptors (Lipinski definition) is 3. The van der Waals surface area contributed by atoms with Crippen LogP contribution >= 0.6 is 11.8 Å². The van der Waals surface area contributed by atoms with Gasteiger partial charge in [0.25, 0.3) is 0 Å². The molecule has 2 heterocycles. The van der Waals surface area contributed by atoms with E-state index in [0.29, 0.717) is 5.25 Å². The van der Waals surface area contributed by atoms with Crippen molar-refractivity contribution in [3.8, 4) is 0 Å². The molecule has 0 amide bonds. The molecule has 1 aromatic heterocycles. The van der Waals surface area contributed by atoms with Gasteiger partial charge in [0.05, 0.1) is 6.54 Å². The number of nitrogens with zero attached hydrogens (tertiary/aromatic N) is 3. The van der Waals surface area contributed by atoms with E-state index < -0.39 is 0 Å². The van der Waals surface area contributed by atoms with Crippen molar-refractivity contribution in [2.75, 3.05) is 0 Å². The zero-order valence-corrected chi connectivity index (χ0v) is 9.02. The van der Waals surface area contributed by atoms with Crippen LogP contribution in [0, 0.1) is 0 Å². The van der Waals surface area contributed by atoms with Crippen molar-refractivity contribution >= 4 is 11.8 Å². The van der Waals surface area contributed by atoms with Gasteiger partial charge in [0.15, 0.2) is 0 Å². The van der Waals surface area contributed by atoms with Crippen molar-refractivity contribution in [3.05, 3.63) is 42.5 Å². The first-order chi connectivity index (χ1) is 7.42. The Hall–Kier alpha value is -1.29. The number of hydrogen-bond donors (Lipinski definition) is 0. The molecule has 1 aromatic carbocycles. The maximum Gasteiger partial charge on any atom is 0.137 e. The zero-order chi connectivity index (χ0) is 10.1. The molecule has 3 nitrogen and oxygen atoms in total. The molecular weight excluding hydrogens is 206 g/mol. The third-order valence-electron chi connectivity index (χ3n) is 2.57. The van der Waals surface area contributed by atoms with Crippen LogP contribution in [0.2, 0.25) is 0 Å². The molecule has 3 rings (SSSR count). The molecule has 0 radical (unpaired) electrons. The van der Waals surface area contributed by atoms with Crippen LogP contribution in [0.25, 0.3) is 0 Å². The topological polar surface area (TPSA) is 30.7 Å². The van der Waals surface area contributed by atoms with Crippen LogP contribution < -0.4 is 0 Å². The molecule has 0 saturated heterocycles. The van der Waals surface area contributed by atoms with Crippen LogP contribution in [-0.4, -0.2) is 20.0 Å². The molecule has 4 heteroatoms. The number of fused-ring (bicyclic) bond motifs is 1. The number of benzene rings is 1. The Labute approximate surface area is 92.5 Å². The molecule has 1 atom stereocenters. The highest BCUT2D eigenvalue weighted by Gasteiger charge is 2.21. The standard InChI is InChI=1S/C11H11N3S/c1-2-4-11-9(3-1)5-10(15-11)6-14-8-12-7-13-14/h1-4,7-8,10H,5-6H2. The fourth-order valence-electron chi connectivity index (χ4n) is 1.89. The Bertz CT molecular complexity index is 425. The van der Waals surface area contributed by atoms with E-state index in [1.807, 2.05) is 16.4 Å². The first-order valence-corrected chi connectivity index (χ1v) is 5.87. The van der Waals surface area contributed by atoms with Crippen LogP contribution in [0.15, 0.2) is 41.8 Å². The predicted molar refractivity (Wildman–Crippen MR) is 59.8 cm³/mol. The first kappa shape index (κ1) is 8.97. The lowest BCUT2D eigenvalue weighted by Crippen LogP contribution is -2.12. The number of rotatable bonds is 2. The number of aromatic nitrogens is 3. The van der Waals surface area contributed by atoms with Crippen molar-refractivity contribution < 1.29 is 0 Å². The van der Waals surface area contributed by atoms with Crippen LogP contribution in [0.3, 0.4) is 0 Å². The smallest absolute Gasteiger partial charge is 0.137 e. The Balaban J connectivity index is 1.74. The van der Waals surface area contributed by atoms with Crippen molar-refractivity contribution in [2.45, 2.75) is 23.1 Å². The second-order valence-electron chi connectivity index (χ2n) is 3.67. The van der Waals surface area contributed by atoms with Crippen LogP contribution in [-0.2, 0) is 13.0 Å². The lowest BCUT2D eigenvalue weighted by Gasteiger charge is -2.06. The van der Waals surface area contributed by atoms with E-state index in [2.05, 4.69) is 34.3 Å². The Morgan fingerprint density at radius 3 is 3.13 bits per heavy atom. The van der Waals surface area contributed by atoms with Gasteiger partial charge in [0.2, 0.25) is 0 Å². The van der Waals surface area contributed by atoms with E-state index in [1.54, 1.807) is 12.7 Å². The highest BCUT2D eigenvalue weighted by Crippen LogP contribution is 2.37. The van der Waals surface area contributed by atoms with Crippen molar-refractivity contribution in [1.82, 2.24) is 14.8 Å². The van der Waals surface area contributed by atoms with E-state index in [1.165, 1.54) is 10.5 Å². The molecule has 0 saturated carbocycles. The summed E-state index contributed by atoms with van der Waals surface area (Å²) in [6.07, 6.45) is 4.51. The second-order valence-corrected chi connectivity index (χ2v) is 5.01. The average molecular weight is 217 g/mol.